The maximum absolute atomic E-state index is 13.7. The molecule has 0 saturated carbocycles. The van der Waals surface area contributed by atoms with Gasteiger partial charge in [0.2, 0.25) is 11.8 Å². The number of aromatic nitrogens is 1. The lowest BCUT2D eigenvalue weighted by molar-refractivity contribution is -0.139. The van der Waals surface area contributed by atoms with Gasteiger partial charge in [-0.15, -0.1) is 0 Å². The number of fused-ring (bicyclic) bond motifs is 3. The molecule has 4 rings (SSSR count). The summed E-state index contributed by atoms with van der Waals surface area (Å²) >= 11 is 1.51. The van der Waals surface area contributed by atoms with E-state index in [1.165, 1.54) is 11.8 Å². The van der Waals surface area contributed by atoms with Crippen LogP contribution in [-0.2, 0) is 27.9 Å². The summed E-state index contributed by atoms with van der Waals surface area (Å²) in [7, 11) is 2.01. The topological polar surface area (TPSA) is 63.6 Å². The standard InChI is InChI=1S/C27H33N3O3S/c1-18(2)33-15-7-14-28-26(32)25-24-21-8-5-6-9-22(21)29(4)27(24)34-17-23(31)30(25)16-20-12-10-19(3)11-13-20/h5-6,8-13,18,25H,7,14-17H2,1-4H3,(H,28,32)/t25-/m0/s1. The summed E-state index contributed by atoms with van der Waals surface area (Å²) in [6, 6.07) is 15.6. The molecule has 7 heteroatoms. The predicted octanol–water partition coefficient (Wildman–Crippen LogP) is 4.59. The number of para-hydroxylation sites is 1. The van der Waals surface area contributed by atoms with Gasteiger partial charge in [0.1, 0.15) is 6.04 Å². The fourth-order valence-electron chi connectivity index (χ4n) is 4.39. The van der Waals surface area contributed by atoms with Crippen LogP contribution in [0, 0.1) is 6.92 Å². The minimum atomic E-state index is -0.698. The molecule has 0 saturated heterocycles. The summed E-state index contributed by atoms with van der Waals surface area (Å²) in [4.78, 5) is 28.8. The normalized spacial score (nSPS) is 16.1. The quantitative estimate of drug-likeness (QED) is 0.480. The zero-order chi connectivity index (χ0) is 24.2. The molecule has 2 heterocycles. The van der Waals surface area contributed by atoms with Crippen molar-refractivity contribution in [3.05, 3.63) is 65.2 Å². The van der Waals surface area contributed by atoms with E-state index in [0.29, 0.717) is 25.4 Å². The van der Waals surface area contributed by atoms with Crippen molar-refractivity contribution in [3.8, 4) is 0 Å². The number of ether oxygens (including phenoxy) is 1. The Hall–Kier alpha value is -2.77. The maximum Gasteiger partial charge on any atom is 0.247 e. The van der Waals surface area contributed by atoms with Crippen LogP contribution in [0.25, 0.3) is 10.9 Å². The second-order valence-corrected chi connectivity index (χ2v) is 10.0. The number of benzene rings is 2. The molecule has 2 aromatic carbocycles. The highest BCUT2D eigenvalue weighted by molar-refractivity contribution is 8.00. The summed E-state index contributed by atoms with van der Waals surface area (Å²) in [6.45, 7) is 7.51. The van der Waals surface area contributed by atoms with Gasteiger partial charge in [-0.05, 0) is 38.8 Å². The highest BCUT2D eigenvalue weighted by Crippen LogP contribution is 2.42. The Morgan fingerprint density at radius 1 is 1.18 bits per heavy atom. The van der Waals surface area contributed by atoms with Crippen molar-refractivity contribution < 1.29 is 14.3 Å². The van der Waals surface area contributed by atoms with Crippen molar-refractivity contribution in [3.63, 3.8) is 0 Å². The Balaban J connectivity index is 1.70. The van der Waals surface area contributed by atoms with E-state index in [1.54, 1.807) is 4.90 Å². The van der Waals surface area contributed by atoms with Crippen LogP contribution in [0.2, 0.25) is 0 Å². The van der Waals surface area contributed by atoms with Gasteiger partial charge in [0.15, 0.2) is 0 Å². The monoisotopic (exact) mass is 479 g/mol. The molecular weight excluding hydrogens is 446 g/mol. The van der Waals surface area contributed by atoms with E-state index in [1.807, 2.05) is 70.3 Å². The maximum atomic E-state index is 13.7. The number of nitrogens with zero attached hydrogens (tertiary/aromatic N) is 2. The SMILES string of the molecule is Cc1ccc(CN2C(=O)CSc3c(c4ccccc4n3C)[C@H]2C(=O)NCCCOC(C)C)cc1. The van der Waals surface area contributed by atoms with E-state index < -0.39 is 6.04 Å². The second kappa shape index (κ2) is 10.7. The number of carbonyl (C=O) groups excluding carboxylic acids is 2. The molecule has 0 fully saturated rings. The average molecular weight is 480 g/mol. The number of thioether (sulfide) groups is 1. The third-order valence-electron chi connectivity index (χ3n) is 6.12. The van der Waals surface area contributed by atoms with Crippen molar-refractivity contribution in [1.82, 2.24) is 14.8 Å². The van der Waals surface area contributed by atoms with Crippen LogP contribution in [0.5, 0.6) is 0 Å². The number of rotatable bonds is 8. The number of amides is 2. The van der Waals surface area contributed by atoms with Crippen LogP contribution in [-0.4, -0.2) is 46.3 Å². The van der Waals surface area contributed by atoms with E-state index in [-0.39, 0.29) is 17.9 Å². The molecule has 1 N–H and O–H groups in total. The van der Waals surface area contributed by atoms with Gasteiger partial charge in [-0.25, -0.2) is 0 Å². The van der Waals surface area contributed by atoms with E-state index in [9.17, 15) is 9.59 Å². The Labute approximate surface area is 205 Å². The first kappa shape index (κ1) is 24.4. The molecule has 6 nitrogen and oxygen atoms in total. The molecule has 0 aliphatic carbocycles. The molecular formula is C27H33N3O3S. The highest BCUT2D eigenvalue weighted by Gasteiger charge is 2.38. The van der Waals surface area contributed by atoms with Crippen LogP contribution < -0.4 is 5.32 Å². The smallest absolute Gasteiger partial charge is 0.247 e. The number of hydrogen-bond acceptors (Lipinski definition) is 4. The molecule has 180 valence electrons. The fourth-order valence-corrected chi connectivity index (χ4v) is 5.49. The molecule has 1 aromatic heterocycles. The lowest BCUT2D eigenvalue weighted by atomic mass is 10.0. The first-order chi connectivity index (χ1) is 16.4. The van der Waals surface area contributed by atoms with Crippen LogP contribution >= 0.6 is 11.8 Å². The van der Waals surface area contributed by atoms with E-state index in [0.717, 1.165) is 39.0 Å². The predicted molar refractivity (Wildman–Crippen MR) is 137 cm³/mol. The zero-order valence-electron chi connectivity index (χ0n) is 20.3. The number of nitrogens with one attached hydrogen (secondary N) is 1. The first-order valence-electron chi connectivity index (χ1n) is 11.8. The van der Waals surface area contributed by atoms with Crippen molar-refractivity contribution >= 4 is 34.5 Å². The van der Waals surface area contributed by atoms with Crippen molar-refractivity contribution in [1.29, 1.82) is 0 Å². The van der Waals surface area contributed by atoms with Gasteiger partial charge in [-0.2, -0.15) is 0 Å². The lowest BCUT2D eigenvalue weighted by Gasteiger charge is -2.30. The number of carbonyl (C=O) groups is 2. The fraction of sp³-hybridized carbons (Fsp3) is 0.407. The van der Waals surface area contributed by atoms with Gasteiger partial charge in [0.25, 0.3) is 0 Å². The molecule has 2 amide bonds. The van der Waals surface area contributed by atoms with Crippen LogP contribution in [0.15, 0.2) is 53.6 Å². The lowest BCUT2D eigenvalue weighted by Crippen LogP contribution is -2.43. The van der Waals surface area contributed by atoms with Gasteiger partial charge in [-0.3, -0.25) is 9.59 Å². The third kappa shape index (κ3) is 5.15. The average Bonchev–Trinajstić information content (AvgIpc) is 3.00. The molecule has 3 aromatic rings. The molecule has 1 aliphatic heterocycles. The van der Waals surface area contributed by atoms with Crippen molar-refractivity contribution in [2.24, 2.45) is 7.05 Å². The minimum absolute atomic E-state index is 0.0332. The van der Waals surface area contributed by atoms with E-state index >= 15 is 0 Å². The van der Waals surface area contributed by atoms with E-state index in [4.69, 9.17) is 4.74 Å². The number of aryl methyl sites for hydroxylation is 2. The second-order valence-electron chi connectivity index (χ2n) is 9.06. The Bertz CT molecular complexity index is 1170. The molecule has 1 aliphatic rings. The molecule has 0 spiro atoms. The molecule has 34 heavy (non-hydrogen) atoms. The summed E-state index contributed by atoms with van der Waals surface area (Å²) in [5, 5.41) is 5.07. The largest absolute Gasteiger partial charge is 0.379 e. The Kier molecular flexibility index (Phi) is 7.63. The van der Waals surface area contributed by atoms with Gasteiger partial charge in [0.05, 0.1) is 16.9 Å². The van der Waals surface area contributed by atoms with Gasteiger partial charge >= 0.3 is 0 Å². The number of hydrogen-bond donors (Lipinski definition) is 1. The molecule has 1 atom stereocenters. The Morgan fingerprint density at radius 3 is 2.65 bits per heavy atom. The van der Waals surface area contributed by atoms with Crippen molar-refractivity contribution in [2.75, 3.05) is 18.9 Å². The van der Waals surface area contributed by atoms with Crippen molar-refractivity contribution in [2.45, 2.75) is 50.9 Å². The highest BCUT2D eigenvalue weighted by atomic mass is 32.2. The van der Waals surface area contributed by atoms with Gasteiger partial charge < -0.3 is 19.5 Å². The third-order valence-corrected chi connectivity index (χ3v) is 7.28. The van der Waals surface area contributed by atoms with Gasteiger partial charge in [-0.1, -0.05) is 59.8 Å². The van der Waals surface area contributed by atoms with Crippen LogP contribution in [0.1, 0.15) is 43.0 Å². The Morgan fingerprint density at radius 2 is 1.91 bits per heavy atom. The summed E-state index contributed by atoms with van der Waals surface area (Å²) in [5.41, 5.74) is 4.15. The van der Waals surface area contributed by atoms with Gasteiger partial charge in [0, 0.05) is 43.2 Å². The summed E-state index contributed by atoms with van der Waals surface area (Å²) in [5.74, 6) is 0.119. The minimum Gasteiger partial charge on any atom is -0.379 e. The molecule has 0 radical (unpaired) electrons. The summed E-state index contributed by atoms with van der Waals surface area (Å²) < 4.78 is 7.72. The van der Waals surface area contributed by atoms with Crippen LogP contribution in [0.4, 0.5) is 0 Å². The summed E-state index contributed by atoms with van der Waals surface area (Å²) in [6.07, 6.45) is 0.884. The van der Waals surface area contributed by atoms with E-state index in [2.05, 4.69) is 16.0 Å². The molecule has 0 bridgehead atoms. The molecule has 0 unspecified atom stereocenters. The first-order valence-corrected chi connectivity index (χ1v) is 12.8. The zero-order valence-corrected chi connectivity index (χ0v) is 21.2. The van der Waals surface area contributed by atoms with Crippen LogP contribution in [0.3, 0.4) is 0 Å².